The van der Waals surface area contributed by atoms with Gasteiger partial charge in [-0.1, -0.05) is 5.16 Å². The highest BCUT2D eigenvalue weighted by Gasteiger charge is 2.36. The largest absolute Gasteiger partial charge is 0.430 e. The van der Waals surface area contributed by atoms with Gasteiger partial charge in [-0.3, -0.25) is 9.59 Å². The highest BCUT2D eigenvalue weighted by atomic mass is 16.5. The van der Waals surface area contributed by atoms with Crippen molar-refractivity contribution in [3.05, 3.63) is 29.4 Å². The van der Waals surface area contributed by atoms with E-state index in [1.807, 2.05) is 0 Å². The third kappa shape index (κ3) is 1.56. The summed E-state index contributed by atoms with van der Waals surface area (Å²) in [6.07, 6.45) is 2.75. The van der Waals surface area contributed by atoms with E-state index in [1.54, 1.807) is 13.8 Å². The van der Waals surface area contributed by atoms with Gasteiger partial charge in [-0.15, -0.1) is 0 Å². The second-order valence-corrected chi connectivity index (χ2v) is 3.38. The molecule has 2 rings (SSSR count). The van der Waals surface area contributed by atoms with Crippen molar-refractivity contribution < 1.29 is 18.8 Å². The van der Waals surface area contributed by atoms with E-state index < -0.39 is 11.9 Å². The molecular formula is C10H9NO4. The lowest BCUT2D eigenvalue weighted by Crippen LogP contribution is -2.27. The van der Waals surface area contributed by atoms with E-state index in [2.05, 4.69) is 5.16 Å². The van der Waals surface area contributed by atoms with Gasteiger partial charge >= 0.3 is 5.97 Å². The molecule has 0 aliphatic carbocycles. The molecule has 1 aromatic heterocycles. The molecule has 0 aromatic carbocycles. The Morgan fingerprint density at radius 2 is 2.07 bits per heavy atom. The predicted octanol–water partition coefficient (Wildman–Crippen LogP) is 1.10. The lowest BCUT2D eigenvalue weighted by molar-refractivity contribution is -0.146. The zero-order valence-corrected chi connectivity index (χ0v) is 8.31. The fourth-order valence-corrected chi connectivity index (χ4v) is 1.46. The number of aromatic nitrogens is 1. The molecule has 1 atom stereocenters. The summed E-state index contributed by atoms with van der Waals surface area (Å²) in [4.78, 5) is 23.1. The molecule has 2 heterocycles. The van der Waals surface area contributed by atoms with E-state index in [0.717, 1.165) is 0 Å². The Bertz CT molecular complexity index is 458. The first-order chi connectivity index (χ1) is 7.09. The molecule has 1 unspecified atom stereocenters. The van der Waals surface area contributed by atoms with Crippen LogP contribution in [0, 0.1) is 6.92 Å². The maximum atomic E-state index is 11.6. The van der Waals surface area contributed by atoms with Gasteiger partial charge in [0.1, 0.15) is 5.76 Å². The van der Waals surface area contributed by atoms with E-state index in [9.17, 15) is 9.59 Å². The number of carbonyl (C=O) groups excluding carboxylic acids is 2. The summed E-state index contributed by atoms with van der Waals surface area (Å²) in [5, 5.41) is 3.53. The minimum absolute atomic E-state index is 0.258. The Labute approximate surface area is 85.7 Å². The number of allylic oxidation sites excluding steroid dienone is 2. The zero-order chi connectivity index (χ0) is 11.0. The Morgan fingerprint density at radius 1 is 1.33 bits per heavy atom. The van der Waals surface area contributed by atoms with Crippen LogP contribution in [0.2, 0.25) is 0 Å². The first-order valence-corrected chi connectivity index (χ1v) is 4.44. The number of nitrogens with zero attached hydrogens (tertiary/aromatic N) is 1. The maximum absolute atomic E-state index is 11.6. The number of esters is 1. The summed E-state index contributed by atoms with van der Waals surface area (Å²) in [5.74, 6) is -1.38. The van der Waals surface area contributed by atoms with Gasteiger partial charge in [0, 0.05) is 11.6 Å². The van der Waals surface area contributed by atoms with Crippen LogP contribution in [-0.4, -0.2) is 16.9 Å². The lowest BCUT2D eigenvalue weighted by Gasteiger charge is -2.16. The van der Waals surface area contributed by atoms with Crippen molar-refractivity contribution in [1.29, 1.82) is 0 Å². The van der Waals surface area contributed by atoms with Crippen LogP contribution in [0.15, 0.2) is 22.6 Å². The zero-order valence-electron chi connectivity index (χ0n) is 8.31. The van der Waals surface area contributed by atoms with Gasteiger partial charge < -0.3 is 9.26 Å². The van der Waals surface area contributed by atoms with Gasteiger partial charge in [0.15, 0.2) is 17.5 Å². The molecule has 0 radical (unpaired) electrons. The predicted molar refractivity (Wildman–Crippen MR) is 48.8 cm³/mol. The van der Waals surface area contributed by atoms with Crippen molar-refractivity contribution in [2.45, 2.75) is 19.8 Å². The van der Waals surface area contributed by atoms with Crippen molar-refractivity contribution in [1.82, 2.24) is 5.16 Å². The average Bonchev–Trinajstić information content (AvgIpc) is 2.50. The van der Waals surface area contributed by atoms with Gasteiger partial charge in [0.2, 0.25) is 0 Å². The number of ether oxygens (including phenoxy) is 1. The highest BCUT2D eigenvalue weighted by molar-refractivity contribution is 6.11. The van der Waals surface area contributed by atoms with Crippen molar-refractivity contribution >= 4 is 11.8 Å². The van der Waals surface area contributed by atoms with Gasteiger partial charge in [-0.25, -0.2) is 0 Å². The van der Waals surface area contributed by atoms with Crippen molar-refractivity contribution in [2.24, 2.45) is 0 Å². The molecular weight excluding hydrogens is 198 g/mol. The average molecular weight is 207 g/mol. The third-order valence-electron chi connectivity index (χ3n) is 2.18. The van der Waals surface area contributed by atoms with Crippen LogP contribution in [0.1, 0.15) is 24.2 Å². The minimum atomic E-state index is -1.00. The van der Waals surface area contributed by atoms with Crippen LogP contribution in [0.25, 0.3) is 0 Å². The molecule has 5 heteroatoms. The van der Waals surface area contributed by atoms with Crippen molar-refractivity contribution in [2.75, 3.05) is 0 Å². The first kappa shape index (κ1) is 9.64. The standard InChI is InChI=1S/C10H9NO4/c1-5-4-11-15-9(5)8-7(12)3-6(2)14-10(8)13/h3-4,8H,1-2H3. The molecule has 78 valence electrons. The van der Waals surface area contributed by atoms with E-state index in [-0.39, 0.29) is 11.5 Å². The van der Waals surface area contributed by atoms with Crippen LogP contribution < -0.4 is 0 Å². The van der Waals surface area contributed by atoms with Gasteiger partial charge in [0.05, 0.1) is 6.20 Å². The molecule has 0 fully saturated rings. The first-order valence-electron chi connectivity index (χ1n) is 4.44. The summed E-state index contributed by atoms with van der Waals surface area (Å²) >= 11 is 0. The summed E-state index contributed by atoms with van der Waals surface area (Å²) < 4.78 is 9.74. The van der Waals surface area contributed by atoms with E-state index in [4.69, 9.17) is 9.26 Å². The van der Waals surface area contributed by atoms with E-state index in [0.29, 0.717) is 11.3 Å². The summed E-state index contributed by atoms with van der Waals surface area (Å²) in [5.41, 5.74) is 0.665. The second kappa shape index (κ2) is 3.34. The normalized spacial score (nSPS) is 21.2. The maximum Gasteiger partial charge on any atom is 0.329 e. The van der Waals surface area contributed by atoms with Crippen molar-refractivity contribution in [3.63, 3.8) is 0 Å². The van der Waals surface area contributed by atoms with E-state index >= 15 is 0 Å². The number of cyclic esters (lactones) is 1. The minimum Gasteiger partial charge on any atom is -0.430 e. The lowest BCUT2D eigenvalue weighted by atomic mass is 9.96. The molecule has 5 nitrogen and oxygen atoms in total. The summed E-state index contributed by atoms with van der Waals surface area (Å²) in [6.45, 7) is 3.27. The number of ketones is 1. The SMILES string of the molecule is CC1=CC(=O)C(c2oncc2C)C(=O)O1. The van der Waals surface area contributed by atoms with Gasteiger partial charge in [0.25, 0.3) is 0 Å². The molecule has 0 spiro atoms. The van der Waals surface area contributed by atoms with Gasteiger partial charge in [-0.2, -0.15) is 0 Å². The number of aryl methyl sites for hydroxylation is 1. The molecule has 1 aliphatic rings. The Balaban J connectivity index is 2.43. The van der Waals surface area contributed by atoms with Crippen LogP contribution in [0.3, 0.4) is 0 Å². The molecule has 0 N–H and O–H groups in total. The Hall–Kier alpha value is -1.91. The number of hydrogen-bond donors (Lipinski definition) is 0. The summed E-state index contributed by atoms with van der Waals surface area (Å²) in [6, 6.07) is 0. The van der Waals surface area contributed by atoms with Crippen LogP contribution in [0.5, 0.6) is 0 Å². The van der Waals surface area contributed by atoms with Crippen LogP contribution >= 0.6 is 0 Å². The molecule has 0 saturated carbocycles. The molecule has 0 amide bonds. The van der Waals surface area contributed by atoms with E-state index in [1.165, 1.54) is 12.3 Å². The van der Waals surface area contributed by atoms with Crippen LogP contribution in [-0.2, 0) is 14.3 Å². The van der Waals surface area contributed by atoms with Crippen molar-refractivity contribution in [3.8, 4) is 0 Å². The second-order valence-electron chi connectivity index (χ2n) is 3.38. The topological polar surface area (TPSA) is 69.4 Å². The number of hydrogen-bond acceptors (Lipinski definition) is 5. The Morgan fingerprint density at radius 3 is 2.60 bits per heavy atom. The molecule has 0 saturated heterocycles. The quantitative estimate of drug-likeness (QED) is 0.509. The Kier molecular flexibility index (Phi) is 2.15. The third-order valence-corrected chi connectivity index (χ3v) is 2.18. The molecule has 1 aromatic rings. The van der Waals surface area contributed by atoms with Crippen LogP contribution in [0.4, 0.5) is 0 Å². The number of carbonyl (C=O) groups is 2. The summed E-state index contributed by atoms with van der Waals surface area (Å²) in [7, 11) is 0. The number of rotatable bonds is 1. The van der Waals surface area contributed by atoms with Gasteiger partial charge in [-0.05, 0) is 13.8 Å². The molecule has 0 bridgehead atoms. The monoisotopic (exact) mass is 207 g/mol. The molecule has 1 aliphatic heterocycles. The molecule has 15 heavy (non-hydrogen) atoms. The smallest absolute Gasteiger partial charge is 0.329 e. The highest BCUT2D eigenvalue weighted by Crippen LogP contribution is 2.26. The fraction of sp³-hybridized carbons (Fsp3) is 0.300. The fourth-order valence-electron chi connectivity index (χ4n) is 1.46.